The van der Waals surface area contributed by atoms with Crippen molar-refractivity contribution < 1.29 is 5.11 Å². The number of rotatable bonds is 5. The summed E-state index contributed by atoms with van der Waals surface area (Å²) in [5.74, 6) is 1.48. The Morgan fingerprint density at radius 2 is 1.79 bits per heavy atom. The minimum Gasteiger partial charge on any atom is -0.395 e. The van der Waals surface area contributed by atoms with Crippen LogP contribution in [0.3, 0.4) is 0 Å². The van der Waals surface area contributed by atoms with Crippen LogP contribution in [0.1, 0.15) is 0 Å². The number of hydrazine groups is 1. The zero-order valence-corrected chi connectivity index (χ0v) is 14.4. The summed E-state index contributed by atoms with van der Waals surface area (Å²) in [7, 11) is 2.13. The molecule has 2 saturated heterocycles. The van der Waals surface area contributed by atoms with Crippen molar-refractivity contribution in [3.8, 4) is 0 Å². The van der Waals surface area contributed by atoms with Gasteiger partial charge in [-0.25, -0.2) is 15.0 Å². The van der Waals surface area contributed by atoms with Crippen molar-refractivity contribution in [3.63, 3.8) is 0 Å². The van der Waals surface area contributed by atoms with Gasteiger partial charge < -0.3 is 26.1 Å². The number of nitrogen functional groups attached to an aromatic ring is 1. The molecule has 0 bridgehead atoms. The van der Waals surface area contributed by atoms with Crippen LogP contribution in [0.25, 0.3) is 0 Å². The fourth-order valence-corrected chi connectivity index (χ4v) is 3.12. The molecule has 1 aromatic heterocycles. The normalized spacial score (nSPS) is 21.2. The van der Waals surface area contributed by atoms with Crippen molar-refractivity contribution >= 4 is 17.3 Å². The van der Waals surface area contributed by atoms with Crippen LogP contribution in [0.5, 0.6) is 0 Å². The van der Waals surface area contributed by atoms with Crippen molar-refractivity contribution in [2.75, 3.05) is 88.6 Å². The molecule has 134 valence electrons. The lowest BCUT2D eigenvalue weighted by atomic mass is 10.3. The number of aliphatic hydroxyl groups excluding tert-OH is 1. The first-order chi connectivity index (χ1) is 11.7. The lowest BCUT2D eigenvalue weighted by Gasteiger charge is -2.36. The van der Waals surface area contributed by atoms with Crippen molar-refractivity contribution in [1.29, 1.82) is 0 Å². The molecular formula is C15H28N8O. The van der Waals surface area contributed by atoms with E-state index in [9.17, 15) is 0 Å². The average molecular weight is 336 g/mol. The molecule has 0 atom stereocenters. The van der Waals surface area contributed by atoms with E-state index in [1.165, 1.54) is 0 Å². The molecule has 3 rings (SSSR count). The zero-order valence-electron chi connectivity index (χ0n) is 14.4. The van der Waals surface area contributed by atoms with E-state index in [1.807, 2.05) is 0 Å². The Balaban J connectivity index is 1.63. The fourth-order valence-electron chi connectivity index (χ4n) is 3.12. The average Bonchev–Trinajstić information content (AvgIpc) is 2.60. The van der Waals surface area contributed by atoms with Gasteiger partial charge in [0.15, 0.2) is 11.6 Å². The molecular weight excluding hydrogens is 308 g/mol. The molecule has 0 spiro atoms. The number of aromatic nitrogens is 2. The lowest BCUT2D eigenvalue weighted by molar-refractivity contribution is 0.178. The first-order valence-corrected chi connectivity index (χ1v) is 8.56. The van der Waals surface area contributed by atoms with Gasteiger partial charge >= 0.3 is 0 Å². The van der Waals surface area contributed by atoms with E-state index in [2.05, 4.69) is 42.2 Å². The van der Waals surface area contributed by atoms with Crippen molar-refractivity contribution in [3.05, 3.63) is 6.33 Å². The largest absolute Gasteiger partial charge is 0.395 e. The number of nitrogens with one attached hydrogen (secondary N) is 1. The highest BCUT2D eigenvalue weighted by Crippen LogP contribution is 2.27. The molecule has 1 aromatic rings. The Morgan fingerprint density at radius 1 is 1.08 bits per heavy atom. The monoisotopic (exact) mass is 336 g/mol. The molecule has 0 radical (unpaired) electrons. The summed E-state index contributed by atoms with van der Waals surface area (Å²) in [6.07, 6.45) is 1.57. The first kappa shape index (κ1) is 17.2. The topological polar surface area (TPSA) is 97.0 Å². The van der Waals surface area contributed by atoms with Gasteiger partial charge in [0, 0.05) is 58.9 Å². The predicted octanol–water partition coefficient (Wildman–Crippen LogP) is -1.25. The number of nitrogens with zero attached hydrogens (tertiary/aromatic N) is 6. The van der Waals surface area contributed by atoms with Crippen molar-refractivity contribution in [2.24, 2.45) is 0 Å². The number of β-amino-alcohol motifs (C(OH)–C–C–N with tert-alkyl or cyclic N) is 1. The molecule has 9 heteroatoms. The highest BCUT2D eigenvalue weighted by atomic mass is 16.3. The van der Waals surface area contributed by atoms with Crippen LogP contribution < -0.4 is 16.1 Å². The van der Waals surface area contributed by atoms with E-state index in [-0.39, 0.29) is 6.61 Å². The Labute approximate surface area is 143 Å². The van der Waals surface area contributed by atoms with Crippen LogP contribution in [0, 0.1) is 0 Å². The first-order valence-electron chi connectivity index (χ1n) is 8.56. The Morgan fingerprint density at radius 3 is 2.46 bits per heavy atom. The number of hydrogen-bond donors (Lipinski definition) is 3. The summed E-state index contributed by atoms with van der Waals surface area (Å²) in [6.45, 7) is 8.39. The van der Waals surface area contributed by atoms with Crippen LogP contribution >= 0.6 is 0 Å². The number of likely N-dealkylation sites (N-methyl/N-ethyl adjacent to an activating group) is 1. The summed E-state index contributed by atoms with van der Waals surface area (Å²) in [4.78, 5) is 15.5. The maximum Gasteiger partial charge on any atom is 0.169 e. The van der Waals surface area contributed by atoms with Gasteiger partial charge in [0.25, 0.3) is 0 Å². The molecule has 0 aliphatic carbocycles. The van der Waals surface area contributed by atoms with Gasteiger partial charge in [0.05, 0.1) is 6.61 Å². The van der Waals surface area contributed by atoms with Crippen molar-refractivity contribution in [1.82, 2.24) is 24.8 Å². The van der Waals surface area contributed by atoms with Gasteiger partial charge in [-0.2, -0.15) is 0 Å². The third-order valence-electron chi connectivity index (χ3n) is 4.72. The van der Waals surface area contributed by atoms with Gasteiger partial charge in [0.2, 0.25) is 0 Å². The summed E-state index contributed by atoms with van der Waals surface area (Å²) in [5.41, 5.74) is 10.3. The van der Waals surface area contributed by atoms with Crippen LogP contribution in [0.4, 0.5) is 17.3 Å². The smallest absolute Gasteiger partial charge is 0.169 e. The quantitative estimate of drug-likeness (QED) is 0.609. The van der Waals surface area contributed by atoms with E-state index in [0.29, 0.717) is 11.5 Å². The lowest BCUT2D eigenvalue weighted by Crippen LogP contribution is -2.48. The predicted molar refractivity (Wildman–Crippen MR) is 94.9 cm³/mol. The maximum atomic E-state index is 9.04. The van der Waals surface area contributed by atoms with Gasteiger partial charge in [0.1, 0.15) is 12.0 Å². The number of hydrogen-bond acceptors (Lipinski definition) is 9. The number of nitrogens with two attached hydrogens (primary N) is 1. The molecule has 0 amide bonds. The van der Waals surface area contributed by atoms with E-state index < -0.39 is 0 Å². The van der Waals surface area contributed by atoms with Crippen LogP contribution in [-0.4, -0.2) is 102 Å². The molecule has 24 heavy (non-hydrogen) atoms. The molecule has 2 aliphatic rings. The molecule has 0 saturated carbocycles. The van der Waals surface area contributed by atoms with E-state index in [1.54, 1.807) is 6.33 Å². The van der Waals surface area contributed by atoms with E-state index in [4.69, 9.17) is 10.8 Å². The second kappa shape index (κ2) is 7.93. The summed E-state index contributed by atoms with van der Waals surface area (Å²) in [6, 6.07) is 0. The van der Waals surface area contributed by atoms with Gasteiger partial charge in [-0.15, -0.1) is 0 Å². The number of piperazine rings is 2. The molecule has 9 nitrogen and oxygen atoms in total. The molecule has 3 heterocycles. The van der Waals surface area contributed by atoms with Gasteiger partial charge in [-0.3, -0.25) is 4.90 Å². The fraction of sp³-hybridized carbons (Fsp3) is 0.733. The van der Waals surface area contributed by atoms with E-state index in [0.717, 1.165) is 64.7 Å². The molecule has 0 aromatic carbocycles. The van der Waals surface area contributed by atoms with Crippen LogP contribution in [-0.2, 0) is 0 Å². The van der Waals surface area contributed by atoms with E-state index >= 15 is 0 Å². The van der Waals surface area contributed by atoms with Gasteiger partial charge in [-0.1, -0.05) is 0 Å². The Kier molecular flexibility index (Phi) is 5.67. The van der Waals surface area contributed by atoms with Gasteiger partial charge in [-0.05, 0) is 7.05 Å². The van der Waals surface area contributed by atoms with Crippen LogP contribution in [0.15, 0.2) is 6.33 Å². The Hall–Kier alpha value is -1.68. The minimum absolute atomic E-state index is 0.203. The highest BCUT2D eigenvalue weighted by Gasteiger charge is 2.22. The third-order valence-corrected chi connectivity index (χ3v) is 4.72. The Bertz CT molecular complexity index is 526. The summed E-state index contributed by atoms with van der Waals surface area (Å²) >= 11 is 0. The molecule has 4 N–H and O–H groups in total. The minimum atomic E-state index is 0.203. The summed E-state index contributed by atoms with van der Waals surface area (Å²) < 4.78 is 0. The second-order valence-electron chi connectivity index (χ2n) is 6.41. The third kappa shape index (κ3) is 4.04. The number of aliphatic hydroxyl groups is 1. The summed E-state index contributed by atoms with van der Waals surface area (Å²) in [5, 5.41) is 11.2. The van der Waals surface area contributed by atoms with Crippen LogP contribution in [0.2, 0.25) is 0 Å². The van der Waals surface area contributed by atoms with Crippen molar-refractivity contribution in [2.45, 2.75) is 0 Å². The highest BCUT2D eigenvalue weighted by molar-refractivity contribution is 5.74. The molecule has 2 fully saturated rings. The maximum absolute atomic E-state index is 9.04. The SMILES string of the molecule is CN1CCN(Nc2ncnc(N3CCN(CCO)CC3)c2N)CC1. The zero-order chi connectivity index (χ0) is 16.9. The molecule has 2 aliphatic heterocycles. The standard InChI is InChI=1S/C15H28N8O/c1-20-2-8-23(9-3-20)19-14-13(16)15(18-12-17-14)22-6-4-21(5-7-22)10-11-24/h12,24H,2-11,16H2,1H3,(H,17,18,19). The number of anilines is 3. The molecule has 0 unspecified atom stereocenters. The second-order valence-corrected chi connectivity index (χ2v) is 6.41.